The second kappa shape index (κ2) is 7.28. The summed E-state index contributed by atoms with van der Waals surface area (Å²) in [7, 11) is 1.99. The number of nitrogens with zero attached hydrogens (tertiary/aromatic N) is 4. The van der Waals surface area contributed by atoms with E-state index in [9.17, 15) is 0 Å². The van der Waals surface area contributed by atoms with Gasteiger partial charge in [0.2, 0.25) is 5.95 Å². The average molecular weight is 379 g/mol. The number of hydrogen-bond acceptors (Lipinski definition) is 3. The lowest BCUT2D eigenvalue weighted by Gasteiger charge is -2.05. The molecule has 0 aliphatic carbocycles. The normalized spacial score (nSPS) is 11.6. The number of para-hydroxylation sites is 3. The minimum Gasteiger partial charge on any atom is -0.342 e. The quantitative estimate of drug-likeness (QED) is 0.344. The van der Waals surface area contributed by atoms with Crippen LogP contribution in [0.2, 0.25) is 0 Å². The van der Waals surface area contributed by atoms with E-state index in [1.807, 2.05) is 42.1 Å². The molecule has 0 unspecified atom stereocenters. The first-order valence-electron chi connectivity index (χ1n) is 9.62. The van der Waals surface area contributed by atoms with Gasteiger partial charge in [0, 0.05) is 36.3 Å². The van der Waals surface area contributed by atoms with E-state index < -0.39 is 0 Å². The largest absolute Gasteiger partial charge is 0.342 e. The lowest BCUT2D eigenvalue weighted by Crippen LogP contribution is -1.99. The first-order chi connectivity index (χ1) is 14.3. The highest BCUT2D eigenvalue weighted by molar-refractivity contribution is 5.99. The van der Waals surface area contributed by atoms with E-state index in [1.54, 1.807) is 0 Å². The van der Waals surface area contributed by atoms with Crippen LogP contribution in [0, 0.1) is 0 Å². The van der Waals surface area contributed by atoms with Crippen LogP contribution in [0.15, 0.2) is 90.2 Å². The van der Waals surface area contributed by atoms with Gasteiger partial charge in [-0.05, 0) is 23.8 Å². The van der Waals surface area contributed by atoms with Crippen LogP contribution in [0.3, 0.4) is 0 Å². The third-order valence-corrected chi connectivity index (χ3v) is 5.17. The summed E-state index contributed by atoms with van der Waals surface area (Å²) in [5.41, 5.74) is 8.65. The monoisotopic (exact) mass is 379 g/mol. The minimum absolute atomic E-state index is 0.718. The Bertz CT molecular complexity index is 1310. The van der Waals surface area contributed by atoms with Crippen molar-refractivity contribution in [2.24, 2.45) is 12.1 Å². The smallest absolute Gasteiger partial charge is 0.224 e. The minimum atomic E-state index is 0.718. The lowest BCUT2D eigenvalue weighted by molar-refractivity contribution is 0.836. The van der Waals surface area contributed by atoms with E-state index in [0.717, 1.165) is 29.1 Å². The molecule has 0 aliphatic heterocycles. The fourth-order valence-corrected chi connectivity index (χ4v) is 3.69. The van der Waals surface area contributed by atoms with Gasteiger partial charge in [-0.25, -0.2) is 10.4 Å². The maximum Gasteiger partial charge on any atom is 0.224 e. The van der Waals surface area contributed by atoms with Gasteiger partial charge in [-0.3, -0.25) is 0 Å². The van der Waals surface area contributed by atoms with Crippen molar-refractivity contribution in [2.45, 2.75) is 6.54 Å². The van der Waals surface area contributed by atoms with Crippen LogP contribution in [0.5, 0.6) is 0 Å². The second-order valence-corrected chi connectivity index (χ2v) is 7.07. The molecule has 3 aromatic carbocycles. The van der Waals surface area contributed by atoms with Gasteiger partial charge in [-0.1, -0.05) is 60.7 Å². The summed E-state index contributed by atoms with van der Waals surface area (Å²) in [4.78, 5) is 4.60. The number of nitrogens with one attached hydrogen (secondary N) is 1. The Balaban J connectivity index is 1.44. The number of aromatic nitrogens is 3. The van der Waals surface area contributed by atoms with Crippen LogP contribution >= 0.6 is 0 Å². The zero-order valence-electron chi connectivity index (χ0n) is 16.2. The average Bonchev–Trinajstić information content (AvgIpc) is 3.27. The third kappa shape index (κ3) is 3.27. The molecular formula is C24H21N5. The van der Waals surface area contributed by atoms with Gasteiger partial charge in [-0.2, -0.15) is 5.10 Å². The number of hydrazone groups is 1. The Morgan fingerprint density at radius 3 is 2.45 bits per heavy atom. The fraction of sp³-hybridized carbons (Fsp3) is 0.0833. The Labute approximate surface area is 168 Å². The standard InChI is InChI=1S/C24H21N5/c1-28-23-14-8-6-12-21(23)26-24(28)27-25-15-19-17-29(16-18-9-3-2-4-10-18)22-13-7-5-11-20(19)22/h2-15,17H,16H2,1H3,(H,26,27)/b25-15+. The summed E-state index contributed by atoms with van der Waals surface area (Å²) >= 11 is 0. The number of fused-ring (bicyclic) bond motifs is 2. The van der Waals surface area contributed by atoms with Crippen LogP contribution < -0.4 is 5.43 Å². The molecule has 0 radical (unpaired) electrons. The van der Waals surface area contributed by atoms with E-state index in [4.69, 9.17) is 0 Å². The number of aryl methyl sites for hydroxylation is 1. The molecule has 29 heavy (non-hydrogen) atoms. The number of hydrogen-bond donors (Lipinski definition) is 1. The Hall–Kier alpha value is -3.86. The zero-order valence-corrected chi connectivity index (χ0v) is 16.2. The SMILES string of the molecule is Cn1c(N/N=C/c2cn(Cc3ccccc3)c3ccccc23)nc2ccccc21. The highest BCUT2D eigenvalue weighted by Gasteiger charge is 2.08. The zero-order chi connectivity index (χ0) is 19.6. The molecule has 0 bridgehead atoms. The van der Waals surface area contributed by atoms with E-state index in [-0.39, 0.29) is 0 Å². The number of imidazole rings is 1. The molecule has 0 spiro atoms. The molecule has 5 rings (SSSR count). The molecule has 2 aromatic heterocycles. The Morgan fingerprint density at radius 1 is 0.897 bits per heavy atom. The van der Waals surface area contributed by atoms with Gasteiger partial charge in [-0.15, -0.1) is 0 Å². The Kier molecular flexibility index (Phi) is 4.33. The van der Waals surface area contributed by atoms with Crippen molar-refractivity contribution in [3.63, 3.8) is 0 Å². The van der Waals surface area contributed by atoms with Crippen LogP contribution in [-0.4, -0.2) is 20.3 Å². The molecule has 1 N–H and O–H groups in total. The fourth-order valence-electron chi connectivity index (χ4n) is 3.69. The predicted molar refractivity (Wildman–Crippen MR) is 119 cm³/mol. The van der Waals surface area contributed by atoms with Gasteiger partial charge in [0.15, 0.2) is 0 Å². The molecule has 0 saturated heterocycles. The second-order valence-electron chi connectivity index (χ2n) is 7.07. The van der Waals surface area contributed by atoms with E-state index in [1.165, 1.54) is 16.5 Å². The van der Waals surface area contributed by atoms with Crippen molar-refractivity contribution < 1.29 is 0 Å². The van der Waals surface area contributed by atoms with Gasteiger partial charge in [0.1, 0.15) is 0 Å². The van der Waals surface area contributed by atoms with Crippen molar-refractivity contribution in [1.29, 1.82) is 0 Å². The first-order valence-corrected chi connectivity index (χ1v) is 9.62. The van der Waals surface area contributed by atoms with Gasteiger partial charge in [0.05, 0.1) is 17.2 Å². The molecule has 142 valence electrons. The summed E-state index contributed by atoms with van der Waals surface area (Å²) in [6.45, 7) is 0.827. The predicted octanol–water partition coefficient (Wildman–Crippen LogP) is 5.02. The topological polar surface area (TPSA) is 47.1 Å². The highest BCUT2D eigenvalue weighted by atomic mass is 15.4. The first kappa shape index (κ1) is 17.3. The van der Waals surface area contributed by atoms with Crippen molar-refractivity contribution in [3.05, 3.63) is 96.2 Å². The summed E-state index contributed by atoms with van der Waals surface area (Å²) in [6.07, 6.45) is 4.01. The molecule has 0 aliphatic rings. The van der Waals surface area contributed by atoms with Crippen molar-refractivity contribution in [3.8, 4) is 0 Å². The van der Waals surface area contributed by atoms with E-state index in [2.05, 4.69) is 80.9 Å². The molecule has 0 amide bonds. The maximum absolute atomic E-state index is 4.60. The molecule has 5 aromatic rings. The molecule has 5 heteroatoms. The molecule has 0 atom stereocenters. The van der Waals surface area contributed by atoms with E-state index in [0.29, 0.717) is 0 Å². The maximum atomic E-state index is 4.60. The highest BCUT2D eigenvalue weighted by Crippen LogP contribution is 2.22. The summed E-state index contributed by atoms with van der Waals surface area (Å²) in [6, 6.07) is 27.0. The van der Waals surface area contributed by atoms with Crippen molar-refractivity contribution in [1.82, 2.24) is 14.1 Å². The summed E-state index contributed by atoms with van der Waals surface area (Å²) in [5, 5.41) is 5.65. The van der Waals surface area contributed by atoms with Gasteiger partial charge < -0.3 is 9.13 Å². The lowest BCUT2D eigenvalue weighted by atomic mass is 10.2. The van der Waals surface area contributed by atoms with Gasteiger partial charge in [0.25, 0.3) is 0 Å². The summed E-state index contributed by atoms with van der Waals surface area (Å²) < 4.78 is 4.27. The van der Waals surface area contributed by atoms with Crippen LogP contribution in [0.25, 0.3) is 21.9 Å². The van der Waals surface area contributed by atoms with Crippen molar-refractivity contribution in [2.75, 3.05) is 5.43 Å². The molecule has 0 fully saturated rings. The molecule has 5 nitrogen and oxygen atoms in total. The number of anilines is 1. The number of rotatable bonds is 5. The van der Waals surface area contributed by atoms with Crippen LogP contribution in [-0.2, 0) is 13.6 Å². The molecular weight excluding hydrogens is 358 g/mol. The van der Waals surface area contributed by atoms with Gasteiger partial charge >= 0.3 is 0 Å². The van der Waals surface area contributed by atoms with Crippen molar-refractivity contribution >= 4 is 34.1 Å². The van der Waals surface area contributed by atoms with Crippen LogP contribution in [0.1, 0.15) is 11.1 Å². The summed E-state index contributed by atoms with van der Waals surface area (Å²) in [5.74, 6) is 0.718. The molecule has 2 heterocycles. The number of benzene rings is 3. The van der Waals surface area contributed by atoms with E-state index >= 15 is 0 Å². The third-order valence-electron chi connectivity index (χ3n) is 5.17. The Morgan fingerprint density at radius 2 is 1.62 bits per heavy atom. The van der Waals surface area contributed by atoms with Crippen LogP contribution in [0.4, 0.5) is 5.95 Å². The molecule has 0 saturated carbocycles.